The molecule has 0 saturated heterocycles. The molecule has 0 aliphatic heterocycles. The Labute approximate surface area is 122 Å². The summed E-state index contributed by atoms with van der Waals surface area (Å²) in [5.41, 5.74) is 1.78. The van der Waals surface area contributed by atoms with Gasteiger partial charge in [-0.1, -0.05) is 23.9 Å². The molecule has 1 heterocycles. The van der Waals surface area contributed by atoms with Crippen LogP contribution in [0.15, 0.2) is 38.5 Å². The van der Waals surface area contributed by atoms with Crippen molar-refractivity contribution >= 4 is 50.6 Å². The van der Waals surface area contributed by atoms with E-state index in [1.54, 1.807) is 11.3 Å². The van der Waals surface area contributed by atoms with Gasteiger partial charge in [0.05, 0.1) is 11.4 Å². The average molecular weight is 343 g/mol. The minimum Gasteiger partial charge on any atom is -0.324 e. The number of benzene rings is 1. The number of amides is 1. The van der Waals surface area contributed by atoms with E-state index < -0.39 is 0 Å². The quantitative estimate of drug-likeness (QED) is 0.855. The third-order valence-electron chi connectivity index (χ3n) is 2.07. The Morgan fingerprint density at radius 1 is 1.50 bits per heavy atom. The first-order valence-corrected chi connectivity index (χ1v) is 7.90. The molecule has 0 atom stereocenters. The molecule has 3 nitrogen and oxygen atoms in total. The lowest BCUT2D eigenvalue weighted by Gasteiger charge is -2.05. The fourth-order valence-electron chi connectivity index (χ4n) is 1.27. The van der Waals surface area contributed by atoms with Crippen LogP contribution in [0.3, 0.4) is 0 Å². The Morgan fingerprint density at radius 2 is 2.28 bits per heavy atom. The van der Waals surface area contributed by atoms with Crippen LogP contribution in [0.5, 0.6) is 0 Å². The fourth-order valence-corrected chi connectivity index (χ4v) is 3.31. The summed E-state index contributed by atoms with van der Waals surface area (Å²) < 4.78 is 1.81. The number of para-hydroxylation sites is 1. The van der Waals surface area contributed by atoms with E-state index in [0.717, 1.165) is 20.2 Å². The van der Waals surface area contributed by atoms with Crippen LogP contribution >= 0.6 is 39.0 Å². The van der Waals surface area contributed by atoms with Gasteiger partial charge in [0, 0.05) is 15.5 Å². The summed E-state index contributed by atoms with van der Waals surface area (Å²) >= 11 is 6.41. The number of thiazole rings is 1. The highest BCUT2D eigenvalue weighted by atomic mass is 79.9. The van der Waals surface area contributed by atoms with Crippen molar-refractivity contribution < 1.29 is 4.79 Å². The number of hydrogen-bond donors (Lipinski definition) is 1. The van der Waals surface area contributed by atoms with Crippen molar-refractivity contribution in [3.05, 3.63) is 39.8 Å². The molecule has 1 N–H and O–H groups in total. The molecule has 0 fully saturated rings. The van der Waals surface area contributed by atoms with Gasteiger partial charge in [-0.2, -0.15) is 0 Å². The summed E-state index contributed by atoms with van der Waals surface area (Å²) in [6, 6.07) is 7.55. The number of aromatic nitrogens is 1. The van der Waals surface area contributed by atoms with Gasteiger partial charge in [-0.05, 0) is 35.0 Å². The second-order valence-electron chi connectivity index (χ2n) is 3.57. The van der Waals surface area contributed by atoms with Crippen LogP contribution in [0.2, 0.25) is 0 Å². The van der Waals surface area contributed by atoms with Crippen LogP contribution in [0.25, 0.3) is 0 Å². The smallest absolute Gasteiger partial charge is 0.234 e. The highest BCUT2D eigenvalue weighted by Gasteiger charge is 2.07. The van der Waals surface area contributed by atoms with Crippen LogP contribution in [0.1, 0.15) is 5.69 Å². The number of thioether (sulfide) groups is 1. The van der Waals surface area contributed by atoms with E-state index in [0.29, 0.717) is 5.75 Å². The molecule has 0 saturated carbocycles. The molecule has 1 aromatic heterocycles. The summed E-state index contributed by atoms with van der Waals surface area (Å²) in [5.74, 6) is 0.341. The molecular weight excluding hydrogens is 332 g/mol. The number of nitrogens with one attached hydrogen (secondary N) is 1. The second kappa shape index (κ2) is 6.36. The van der Waals surface area contributed by atoms with Crippen molar-refractivity contribution in [3.63, 3.8) is 0 Å². The van der Waals surface area contributed by atoms with E-state index in [2.05, 4.69) is 26.2 Å². The van der Waals surface area contributed by atoms with E-state index in [1.807, 2.05) is 36.6 Å². The molecule has 2 aromatic rings. The third-order valence-corrected chi connectivity index (χ3v) is 4.90. The van der Waals surface area contributed by atoms with Gasteiger partial charge in [-0.3, -0.25) is 4.79 Å². The number of carbonyl (C=O) groups excluding carboxylic acids is 1. The normalized spacial score (nSPS) is 10.3. The lowest BCUT2D eigenvalue weighted by atomic mass is 10.3. The number of nitrogens with zero attached hydrogens (tertiary/aromatic N) is 1. The van der Waals surface area contributed by atoms with Gasteiger partial charge in [0.25, 0.3) is 0 Å². The van der Waals surface area contributed by atoms with Gasteiger partial charge >= 0.3 is 0 Å². The number of hydrogen-bond acceptors (Lipinski definition) is 4. The molecule has 0 aliphatic carbocycles. The minimum atomic E-state index is -0.0280. The van der Waals surface area contributed by atoms with E-state index in [9.17, 15) is 4.79 Å². The van der Waals surface area contributed by atoms with E-state index in [1.165, 1.54) is 11.8 Å². The standard InChI is InChI=1S/C12H11BrN2OS2/c1-8-6-17-12(14-8)18-7-11(16)15-10-5-3-2-4-9(10)13/h2-6H,7H2,1H3,(H,15,16). The number of anilines is 1. The molecule has 0 unspecified atom stereocenters. The van der Waals surface area contributed by atoms with Gasteiger partial charge in [-0.15, -0.1) is 11.3 Å². The maximum atomic E-state index is 11.8. The summed E-state index contributed by atoms with van der Waals surface area (Å²) in [7, 11) is 0. The van der Waals surface area contributed by atoms with Gasteiger partial charge < -0.3 is 5.32 Å². The molecule has 0 radical (unpaired) electrons. The van der Waals surface area contributed by atoms with Crippen molar-refractivity contribution in [1.82, 2.24) is 4.98 Å². The summed E-state index contributed by atoms with van der Waals surface area (Å²) in [6.45, 7) is 1.95. The maximum Gasteiger partial charge on any atom is 0.234 e. The predicted molar refractivity (Wildman–Crippen MR) is 80.3 cm³/mol. The van der Waals surface area contributed by atoms with Crippen LogP contribution in [-0.4, -0.2) is 16.6 Å². The van der Waals surface area contributed by atoms with Crippen molar-refractivity contribution in [2.45, 2.75) is 11.3 Å². The molecule has 6 heteroatoms. The van der Waals surface area contributed by atoms with Gasteiger partial charge in [0.1, 0.15) is 0 Å². The van der Waals surface area contributed by atoms with Gasteiger partial charge in [-0.25, -0.2) is 4.98 Å². The van der Waals surface area contributed by atoms with Crippen molar-refractivity contribution in [1.29, 1.82) is 0 Å². The first kappa shape index (κ1) is 13.6. The predicted octanol–water partition coefficient (Wildman–Crippen LogP) is 3.94. The number of carbonyl (C=O) groups is 1. The first-order chi connectivity index (χ1) is 8.65. The van der Waals surface area contributed by atoms with E-state index in [4.69, 9.17) is 0 Å². The molecule has 0 bridgehead atoms. The first-order valence-electron chi connectivity index (χ1n) is 5.24. The number of rotatable bonds is 4. The zero-order valence-corrected chi connectivity index (χ0v) is 12.9. The van der Waals surface area contributed by atoms with Crippen LogP contribution < -0.4 is 5.32 Å². The Hall–Kier alpha value is -0.850. The minimum absolute atomic E-state index is 0.0280. The highest BCUT2D eigenvalue weighted by Crippen LogP contribution is 2.24. The zero-order chi connectivity index (χ0) is 13.0. The molecule has 1 aromatic carbocycles. The Kier molecular flexibility index (Phi) is 4.79. The number of aryl methyl sites for hydroxylation is 1. The molecule has 1 amide bonds. The maximum absolute atomic E-state index is 11.8. The van der Waals surface area contributed by atoms with Gasteiger partial charge in [0.2, 0.25) is 5.91 Å². The molecular formula is C12H11BrN2OS2. The lowest BCUT2D eigenvalue weighted by molar-refractivity contribution is -0.113. The number of halogens is 1. The Bertz CT molecular complexity index is 557. The van der Waals surface area contributed by atoms with Crippen LogP contribution in [-0.2, 0) is 4.79 Å². The van der Waals surface area contributed by atoms with E-state index in [-0.39, 0.29) is 5.91 Å². The largest absolute Gasteiger partial charge is 0.324 e. The molecule has 2 rings (SSSR count). The SMILES string of the molecule is Cc1csc(SCC(=O)Nc2ccccc2Br)n1. The molecule has 0 aliphatic rings. The monoisotopic (exact) mass is 342 g/mol. The Balaban J connectivity index is 1.88. The fraction of sp³-hybridized carbons (Fsp3) is 0.167. The van der Waals surface area contributed by atoms with E-state index >= 15 is 0 Å². The average Bonchev–Trinajstić information content (AvgIpc) is 2.76. The van der Waals surface area contributed by atoms with Gasteiger partial charge in [0.15, 0.2) is 4.34 Å². The third kappa shape index (κ3) is 3.83. The highest BCUT2D eigenvalue weighted by molar-refractivity contribution is 9.10. The molecule has 0 spiro atoms. The van der Waals surface area contributed by atoms with Crippen molar-refractivity contribution in [3.8, 4) is 0 Å². The summed E-state index contributed by atoms with van der Waals surface area (Å²) in [6.07, 6.45) is 0. The summed E-state index contributed by atoms with van der Waals surface area (Å²) in [5, 5.41) is 4.84. The molecule has 18 heavy (non-hydrogen) atoms. The lowest BCUT2D eigenvalue weighted by Crippen LogP contribution is -2.14. The molecule has 94 valence electrons. The van der Waals surface area contributed by atoms with Crippen molar-refractivity contribution in [2.75, 3.05) is 11.1 Å². The summed E-state index contributed by atoms with van der Waals surface area (Å²) in [4.78, 5) is 16.1. The van der Waals surface area contributed by atoms with Crippen molar-refractivity contribution in [2.24, 2.45) is 0 Å². The Morgan fingerprint density at radius 3 is 2.94 bits per heavy atom. The second-order valence-corrected chi connectivity index (χ2v) is 6.51. The van der Waals surface area contributed by atoms with Crippen LogP contribution in [0.4, 0.5) is 5.69 Å². The zero-order valence-electron chi connectivity index (χ0n) is 9.64. The van der Waals surface area contributed by atoms with Crippen LogP contribution in [0, 0.1) is 6.92 Å². The topological polar surface area (TPSA) is 42.0 Å².